The molecular weight excluding hydrogens is 617 g/mol. The topological polar surface area (TPSA) is 80.9 Å². The third kappa shape index (κ3) is 5.21. The quantitative estimate of drug-likeness (QED) is 0.194. The number of hydrogen-bond acceptors (Lipinski definition) is 4. The third-order valence-electron chi connectivity index (χ3n) is 10.2. The van der Waals surface area contributed by atoms with Gasteiger partial charge in [0.25, 0.3) is 0 Å². The molecule has 0 bridgehead atoms. The van der Waals surface area contributed by atoms with Crippen LogP contribution in [0, 0.1) is 0 Å². The molecule has 8 aromatic rings. The predicted molar refractivity (Wildman–Crippen MR) is 201 cm³/mol. The molecule has 1 aliphatic carbocycles. The standard InChI is InChI=1S/C44H34N4O2/c49-44(50)41-36(29-13-6-2-7-14-29)26-39-42(40(41)32-20-18-30-15-10-22-45-37(30)24-32)47-43(48(39)35-16-8-3-9-17-35)33-21-19-31-23-34(27-46-38(31)25-33)28-11-4-1-5-12-28/h1-2,4-7,10-15,18-27,35H,3,8-9,16-17H2,(H,49,50). The largest absolute Gasteiger partial charge is 0.478 e. The maximum Gasteiger partial charge on any atom is 0.337 e. The van der Waals surface area contributed by atoms with Gasteiger partial charge < -0.3 is 9.67 Å². The van der Waals surface area contributed by atoms with E-state index in [1.807, 2.05) is 85.1 Å². The molecule has 0 atom stereocenters. The molecule has 0 saturated heterocycles. The van der Waals surface area contributed by atoms with E-state index in [4.69, 9.17) is 9.97 Å². The first-order chi connectivity index (χ1) is 24.6. The van der Waals surface area contributed by atoms with E-state index in [9.17, 15) is 9.90 Å². The first-order valence-electron chi connectivity index (χ1n) is 17.3. The molecule has 9 rings (SSSR count). The van der Waals surface area contributed by atoms with Gasteiger partial charge in [-0.2, -0.15) is 0 Å². The number of aromatic carboxylic acids is 1. The molecule has 3 heterocycles. The summed E-state index contributed by atoms with van der Waals surface area (Å²) in [6.45, 7) is 0. The second-order valence-electron chi connectivity index (χ2n) is 13.2. The van der Waals surface area contributed by atoms with E-state index in [1.165, 1.54) is 6.42 Å². The highest BCUT2D eigenvalue weighted by molar-refractivity contribution is 6.12. The monoisotopic (exact) mass is 650 g/mol. The van der Waals surface area contributed by atoms with Crippen LogP contribution in [0.1, 0.15) is 48.5 Å². The average Bonchev–Trinajstić information content (AvgIpc) is 3.57. The molecule has 0 unspecified atom stereocenters. The van der Waals surface area contributed by atoms with Crippen molar-refractivity contribution in [1.82, 2.24) is 19.5 Å². The highest BCUT2D eigenvalue weighted by Gasteiger charge is 2.29. The summed E-state index contributed by atoms with van der Waals surface area (Å²) in [5.74, 6) is -0.149. The molecule has 1 fully saturated rings. The minimum absolute atomic E-state index is 0.235. The minimum atomic E-state index is -0.986. The summed E-state index contributed by atoms with van der Waals surface area (Å²) in [6.07, 6.45) is 9.30. The Bertz CT molecular complexity index is 2550. The Hall–Kier alpha value is -6.14. The first-order valence-corrected chi connectivity index (χ1v) is 17.3. The Morgan fingerprint density at radius 3 is 2.12 bits per heavy atom. The Labute approximate surface area is 289 Å². The Kier molecular flexibility index (Phi) is 7.42. The van der Waals surface area contributed by atoms with Crippen molar-refractivity contribution < 1.29 is 9.90 Å². The Morgan fingerprint density at radius 2 is 1.34 bits per heavy atom. The van der Waals surface area contributed by atoms with Gasteiger partial charge in [0.15, 0.2) is 0 Å². The van der Waals surface area contributed by atoms with Crippen LogP contribution in [-0.4, -0.2) is 30.6 Å². The predicted octanol–water partition coefficient (Wildman–Crippen LogP) is 11.0. The van der Waals surface area contributed by atoms with Crippen LogP contribution >= 0.6 is 0 Å². The number of carboxylic acid groups (broad SMARTS) is 1. The number of imidazole rings is 1. The van der Waals surface area contributed by atoms with E-state index in [-0.39, 0.29) is 11.6 Å². The van der Waals surface area contributed by atoms with Gasteiger partial charge in [0, 0.05) is 45.9 Å². The van der Waals surface area contributed by atoms with Gasteiger partial charge in [-0.15, -0.1) is 0 Å². The van der Waals surface area contributed by atoms with Gasteiger partial charge in [0.05, 0.1) is 27.6 Å². The molecule has 0 amide bonds. The number of nitrogens with zero attached hydrogens (tertiary/aromatic N) is 4. The number of carboxylic acids is 1. The third-order valence-corrected chi connectivity index (χ3v) is 10.2. The molecule has 3 aromatic heterocycles. The summed E-state index contributed by atoms with van der Waals surface area (Å²) < 4.78 is 2.40. The normalized spacial score (nSPS) is 13.7. The van der Waals surface area contributed by atoms with Crippen LogP contribution in [0.3, 0.4) is 0 Å². The van der Waals surface area contributed by atoms with Crippen LogP contribution in [0.5, 0.6) is 0 Å². The molecule has 242 valence electrons. The number of benzene rings is 5. The summed E-state index contributed by atoms with van der Waals surface area (Å²) in [6, 6.07) is 41.0. The average molecular weight is 651 g/mol. The molecule has 6 heteroatoms. The van der Waals surface area contributed by atoms with Crippen LogP contribution in [-0.2, 0) is 0 Å². The van der Waals surface area contributed by atoms with E-state index < -0.39 is 5.97 Å². The second kappa shape index (κ2) is 12.4. The molecule has 1 aliphatic rings. The van der Waals surface area contributed by atoms with Crippen LogP contribution in [0.15, 0.2) is 134 Å². The highest BCUT2D eigenvalue weighted by atomic mass is 16.4. The fourth-order valence-corrected chi connectivity index (χ4v) is 7.76. The molecule has 0 aliphatic heterocycles. The van der Waals surface area contributed by atoms with E-state index in [2.05, 4.69) is 52.0 Å². The Balaban J connectivity index is 1.33. The zero-order chi connectivity index (χ0) is 33.6. The van der Waals surface area contributed by atoms with Crippen molar-refractivity contribution in [2.45, 2.75) is 38.1 Å². The number of hydrogen-bond donors (Lipinski definition) is 1. The molecule has 5 aromatic carbocycles. The van der Waals surface area contributed by atoms with Gasteiger partial charge in [-0.25, -0.2) is 9.78 Å². The molecule has 50 heavy (non-hydrogen) atoms. The van der Waals surface area contributed by atoms with E-state index >= 15 is 0 Å². The van der Waals surface area contributed by atoms with Crippen LogP contribution < -0.4 is 0 Å². The van der Waals surface area contributed by atoms with Crippen molar-refractivity contribution in [3.63, 3.8) is 0 Å². The first kappa shape index (κ1) is 30.0. The summed E-state index contributed by atoms with van der Waals surface area (Å²) in [4.78, 5) is 28.3. The summed E-state index contributed by atoms with van der Waals surface area (Å²) in [5, 5.41) is 13.0. The van der Waals surface area contributed by atoms with E-state index in [0.29, 0.717) is 16.6 Å². The number of pyridine rings is 2. The molecular formula is C44H34N4O2. The van der Waals surface area contributed by atoms with Crippen molar-refractivity contribution in [2.75, 3.05) is 0 Å². The zero-order valence-electron chi connectivity index (χ0n) is 27.5. The number of fused-ring (bicyclic) bond motifs is 3. The van der Waals surface area contributed by atoms with Crippen LogP contribution in [0.2, 0.25) is 0 Å². The van der Waals surface area contributed by atoms with Crippen molar-refractivity contribution in [1.29, 1.82) is 0 Å². The van der Waals surface area contributed by atoms with Gasteiger partial charge in [0.2, 0.25) is 0 Å². The van der Waals surface area contributed by atoms with E-state index in [1.54, 1.807) is 6.20 Å². The number of rotatable bonds is 6. The fraction of sp³-hybridized carbons (Fsp3) is 0.136. The van der Waals surface area contributed by atoms with Crippen molar-refractivity contribution in [3.8, 4) is 44.8 Å². The van der Waals surface area contributed by atoms with Gasteiger partial charge in [-0.05, 0) is 65.4 Å². The van der Waals surface area contributed by atoms with Crippen molar-refractivity contribution in [2.24, 2.45) is 0 Å². The maximum absolute atomic E-state index is 13.4. The smallest absolute Gasteiger partial charge is 0.337 e. The number of aromatic nitrogens is 4. The summed E-state index contributed by atoms with van der Waals surface area (Å²) >= 11 is 0. The lowest BCUT2D eigenvalue weighted by molar-refractivity contribution is 0.0698. The zero-order valence-corrected chi connectivity index (χ0v) is 27.5. The molecule has 0 spiro atoms. The van der Waals surface area contributed by atoms with E-state index in [0.717, 1.165) is 86.6 Å². The van der Waals surface area contributed by atoms with Crippen LogP contribution in [0.25, 0.3) is 77.6 Å². The van der Waals surface area contributed by atoms with Gasteiger partial charge in [-0.3, -0.25) is 9.97 Å². The maximum atomic E-state index is 13.4. The fourth-order valence-electron chi connectivity index (χ4n) is 7.76. The van der Waals surface area contributed by atoms with Crippen molar-refractivity contribution >= 4 is 38.8 Å². The molecule has 6 nitrogen and oxygen atoms in total. The summed E-state index contributed by atoms with van der Waals surface area (Å²) in [5.41, 5.74) is 9.67. The molecule has 0 radical (unpaired) electrons. The SMILES string of the molecule is O=C(O)c1c(-c2ccccc2)cc2c(nc(-c3ccc4cc(-c5ccccc5)cnc4c3)n2C2CCCCC2)c1-c1ccc2cccnc2c1. The lowest BCUT2D eigenvalue weighted by atomic mass is 9.89. The van der Waals surface area contributed by atoms with Gasteiger partial charge >= 0.3 is 5.97 Å². The molecule has 1 saturated carbocycles. The van der Waals surface area contributed by atoms with Gasteiger partial charge in [-0.1, -0.05) is 110 Å². The Morgan fingerprint density at radius 1 is 0.640 bits per heavy atom. The second-order valence-corrected chi connectivity index (χ2v) is 13.2. The minimum Gasteiger partial charge on any atom is -0.478 e. The van der Waals surface area contributed by atoms with Crippen molar-refractivity contribution in [3.05, 3.63) is 139 Å². The summed E-state index contributed by atoms with van der Waals surface area (Å²) in [7, 11) is 0. The van der Waals surface area contributed by atoms with Crippen LogP contribution in [0.4, 0.5) is 0 Å². The molecule has 1 N–H and O–H groups in total. The van der Waals surface area contributed by atoms with Gasteiger partial charge in [0.1, 0.15) is 5.82 Å². The number of carbonyl (C=O) groups is 1. The lowest BCUT2D eigenvalue weighted by Crippen LogP contribution is -2.14. The highest BCUT2D eigenvalue weighted by Crippen LogP contribution is 2.44. The lowest BCUT2D eigenvalue weighted by Gasteiger charge is -2.26.